The molecule has 2 amide bonds. The standard InChI is InChI=1S/C13H22N4O2/c1-4-16-7-10(14)5-11(16)13(19)17(6-9(2)3)8-12(15)18/h5,7,9H,4,6,8,14H2,1-3H3,(H2,15,18). The van der Waals surface area contributed by atoms with Gasteiger partial charge in [0.05, 0.1) is 12.2 Å². The van der Waals surface area contributed by atoms with Gasteiger partial charge in [0.15, 0.2) is 0 Å². The van der Waals surface area contributed by atoms with Crippen LogP contribution in [-0.2, 0) is 11.3 Å². The van der Waals surface area contributed by atoms with E-state index in [1.165, 1.54) is 4.90 Å². The lowest BCUT2D eigenvalue weighted by molar-refractivity contribution is -0.118. The molecule has 0 radical (unpaired) electrons. The van der Waals surface area contributed by atoms with Gasteiger partial charge < -0.3 is 20.9 Å². The van der Waals surface area contributed by atoms with Crippen LogP contribution in [0.3, 0.4) is 0 Å². The second kappa shape index (κ2) is 6.26. The third-order valence-electron chi connectivity index (χ3n) is 2.70. The lowest BCUT2D eigenvalue weighted by Crippen LogP contribution is -2.41. The number of aryl methyl sites for hydroxylation is 1. The van der Waals surface area contributed by atoms with Gasteiger partial charge >= 0.3 is 0 Å². The SMILES string of the molecule is CCn1cc(N)cc1C(=O)N(CC(N)=O)CC(C)C. The van der Waals surface area contributed by atoms with Gasteiger partial charge in [-0.05, 0) is 18.9 Å². The molecule has 6 heteroatoms. The van der Waals surface area contributed by atoms with E-state index in [1.807, 2.05) is 20.8 Å². The zero-order chi connectivity index (χ0) is 14.6. The molecule has 6 nitrogen and oxygen atoms in total. The molecule has 1 rings (SSSR count). The Morgan fingerprint density at radius 2 is 2.05 bits per heavy atom. The van der Waals surface area contributed by atoms with Gasteiger partial charge in [0.1, 0.15) is 5.69 Å². The van der Waals surface area contributed by atoms with E-state index >= 15 is 0 Å². The van der Waals surface area contributed by atoms with Crippen molar-refractivity contribution in [3.8, 4) is 0 Å². The van der Waals surface area contributed by atoms with E-state index < -0.39 is 5.91 Å². The number of anilines is 1. The van der Waals surface area contributed by atoms with E-state index in [0.29, 0.717) is 24.5 Å². The van der Waals surface area contributed by atoms with E-state index in [9.17, 15) is 9.59 Å². The van der Waals surface area contributed by atoms with Crippen molar-refractivity contribution in [2.75, 3.05) is 18.8 Å². The average molecular weight is 266 g/mol. The Bertz CT molecular complexity index is 465. The highest BCUT2D eigenvalue weighted by molar-refractivity contribution is 5.96. The third-order valence-corrected chi connectivity index (χ3v) is 2.70. The number of hydrogen-bond acceptors (Lipinski definition) is 3. The minimum absolute atomic E-state index is 0.0776. The highest BCUT2D eigenvalue weighted by atomic mass is 16.2. The van der Waals surface area contributed by atoms with Gasteiger partial charge in [-0.15, -0.1) is 0 Å². The largest absolute Gasteiger partial charge is 0.397 e. The van der Waals surface area contributed by atoms with Crippen molar-refractivity contribution in [1.29, 1.82) is 0 Å². The Balaban J connectivity index is 3.00. The van der Waals surface area contributed by atoms with E-state index in [1.54, 1.807) is 16.8 Å². The molecule has 0 aliphatic rings. The van der Waals surface area contributed by atoms with Crippen LogP contribution in [-0.4, -0.2) is 34.4 Å². The minimum Gasteiger partial charge on any atom is -0.397 e. The van der Waals surface area contributed by atoms with Crippen LogP contribution < -0.4 is 11.5 Å². The number of nitrogens with zero attached hydrogens (tertiary/aromatic N) is 2. The number of carbonyl (C=O) groups is 2. The predicted molar refractivity (Wildman–Crippen MR) is 74.5 cm³/mol. The van der Waals surface area contributed by atoms with Crippen molar-refractivity contribution in [3.63, 3.8) is 0 Å². The molecule has 19 heavy (non-hydrogen) atoms. The van der Waals surface area contributed by atoms with Gasteiger partial charge in [0, 0.05) is 19.3 Å². The number of hydrogen-bond donors (Lipinski definition) is 2. The van der Waals surface area contributed by atoms with Gasteiger partial charge in [-0.25, -0.2) is 0 Å². The van der Waals surface area contributed by atoms with Crippen LogP contribution in [0.2, 0.25) is 0 Å². The quantitative estimate of drug-likeness (QED) is 0.792. The fraction of sp³-hybridized carbons (Fsp3) is 0.538. The summed E-state index contributed by atoms with van der Waals surface area (Å²) >= 11 is 0. The molecule has 1 aromatic heterocycles. The van der Waals surface area contributed by atoms with Crippen molar-refractivity contribution in [3.05, 3.63) is 18.0 Å². The molecule has 0 bridgehead atoms. The lowest BCUT2D eigenvalue weighted by atomic mass is 10.2. The Morgan fingerprint density at radius 3 is 2.53 bits per heavy atom. The molecule has 0 unspecified atom stereocenters. The summed E-state index contributed by atoms with van der Waals surface area (Å²) in [5.74, 6) is -0.478. The van der Waals surface area contributed by atoms with Crippen LogP contribution in [0.1, 0.15) is 31.3 Å². The molecular formula is C13H22N4O2. The van der Waals surface area contributed by atoms with Gasteiger partial charge in [0.2, 0.25) is 5.91 Å². The molecule has 0 fully saturated rings. The molecule has 106 valence electrons. The summed E-state index contributed by atoms with van der Waals surface area (Å²) in [6.45, 7) is 6.94. The van der Waals surface area contributed by atoms with E-state index in [-0.39, 0.29) is 18.4 Å². The number of nitrogens with two attached hydrogens (primary N) is 2. The Morgan fingerprint density at radius 1 is 1.42 bits per heavy atom. The number of nitrogen functional groups attached to an aromatic ring is 1. The second-order valence-electron chi connectivity index (χ2n) is 4.99. The van der Waals surface area contributed by atoms with Gasteiger partial charge in [-0.1, -0.05) is 13.8 Å². The molecule has 0 spiro atoms. The van der Waals surface area contributed by atoms with Crippen molar-refractivity contribution < 1.29 is 9.59 Å². The van der Waals surface area contributed by atoms with E-state index in [0.717, 1.165) is 0 Å². The molecule has 0 atom stereocenters. The Hall–Kier alpha value is -1.98. The zero-order valence-electron chi connectivity index (χ0n) is 11.7. The van der Waals surface area contributed by atoms with Crippen LogP contribution >= 0.6 is 0 Å². The number of rotatable bonds is 6. The minimum atomic E-state index is -0.517. The van der Waals surface area contributed by atoms with Crippen LogP contribution in [0.4, 0.5) is 5.69 Å². The van der Waals surface area contributed by atoms with Crippen LogP contribution in [0.15, 0.2) is 12.3 Å². The molecule has 0 saturated carbocycles. The summed E-state index contributed by atoms with van der Waals surface area (Å²) in [4.78, 5) is 25.0. The lowest BCUT2D eigenvalue weighted by Gasteiger charge is -2.23. The smallest absolute Gasteiger partial charge is 0.271 e. The maximum absolute atomic E-state index is 12.5. The highest BCUT2D eigenvalue weighted by Gasteiger charge is 2.21. The number of carbonyl (C=O) groups excluding carboxylic acids is 2. The van der Waals surface area contributed by atoms with Gasteiger partial charge in [0.25, 0.3) is 5.91 Å². The summed E-state index contributed by atoms with van der Waals surface area (Å²) in [5.41, 5.74) is 11.9. The molecule has 0 aromatic carbocycles. The summed E-state index contributed by atoms with van der Waals surface area (Å²) in [7, 11) is 0. The molecular weight excluding hydrogens is 244 g/mol. The first kappa shape index (κ1) is 15.1. The van der Waals surface area contributed by atoms with Crippen molar-refractivity contribution >= 4 is 17.5 Å². The van der Waals surface area contributed by atoms with E-state index in [4.69, 9.17) is 11.5 Å². The first-order chi connectivity index (χ1) is 8.85. The number of amides is 2. The summed E-state index contributed by atoms with van der Waals surface area (Å²) < 4.78 is 1.77. The fourth-order valence-electron chi connectivity index (χ4n) is 1.98. The van der Waals surface area contributed by atoms with Crippen molar-refractivity contribution in [2.45, 2.75) is 27.3 Å². The maximum atomic E-state index is 12.5. The second-order valence-corrected chi connectivity index (χ2v) is 4.99. The molecule has 4 N–H and O–H groups in total. The van der Waals surface area contributed by atoms with Gasteiger partial charge in [-0.2, -0.15) is 0 Å². The Labute approximate surface area is 113 Å². The Kier molecular flexibility index (Phi) is 4.97. The monoisotopic (exact) mass is 266 g/mol. The average Bonchev–Trinajstić information content (AvgIpc) is 2.67. The fourth-order valence-corrected chi connectivity index (χ4v) is 1.98. The molecule has 0 aliphatic heterocycles. The third kappa shape index (κ3) is 4.01. The first-order valence-electron chi connectivity index (χ1n) is 6.38. The summed E-state index contributed by atoms with van der Waals surface area (Å²) in [5, 5.41) is 0. The number of primary amides is 1. The molecule has 0 saturated heterocycles. The normalized spacial score (nSPS) is 10.7. The maximum Gasteiger partial charge on any atom is 0.271 e. The molecule has 1 heterocycles. The molecule has 1 aromatic rings. The number of aromatic nitrogens is 1. The van der Waals surface area contributed by atoms with Crippen LogP contribution in [0.25, 0.3) is 0 Å². The molecule has 0 aliphatic carbocycles. The first-order valence-corrected chi connectivity index (χ1v) is 6.38. The topological polar surface area (TPSA) is 94.3 Å². The zero-order valence-corrected chi connectivity index (χ0v) is 11.7. The van der Waals surface area contributed by atoms with Crippen LogP contribution in [0.5, 0.6) is 0 Å². The van der Waals surface area contributed by atoms with Crippen molar-refractivity contribution in [1.82, 2.24) is 9.47 Å². The van der Waals surface area contributed by atoms with Crippen molar-refractivity contribution in [2.24, 2.45) is 11.7 Å². The summed E-state index contributed by atoms with van der Waals surface area (Å²) in [6, 6.07) is 1.63. The van der Waals surface area contributed by atoms with Gasteiger partial charge in [-0.3, -0.25) is 9.59 Å². The summed E-state index contributed by atoms with van der Waals surface area (Å²) in [6.07, 6.45) is 1.71. The highest BCUT2D eigenvalue weighted by Crippen LogP contribution is 2.14. The van der Waals surface area contributed by atoms with Crippen LogP contribution in [0, 0.1) is 5.92 Å². The van der Waals surface area contributed by atoms with E-state index in [2.05, 4.69) is 0 Å². The predicted octanol–water partition coefficient (Wildman–Crippen LogP) is 0.674.